The molecule has 1 N–H and O–H groups in total. The molecule has 0 atom stereocenters. The first-order valence-electron chi connectivity index (χ1n) is 10.9. The van der Waals surface area contributed by atoms with Crippen LogP contribution in [0.1, 0.15) is 20.7 Å². The summed E-state index contributed by atoms with van der Waals surface area (Å²) < 4.78 is 43.0. The molecule has 1 heterocycles. The van der Waals surface area contributed by atoms with Gasteiger partial charge in [0.15, 0.2) is 0 Å². The van der Waals surface area contributed by atoms with Crippen LogP contribution in [0.25, 0.3) is 0 Å². The summed E-state index contributed by atoms with van der Waals surface area (Å²) in [5, 5.41) is 2.78. The normalized spacial score (nSPS) is 14.2. The summed E-state index contributed by atoms with van der Waals surface area (Å²) in [6.07, 6.45) is 0. The molecular weight excluding hydrogens is 508 g/mol. The third-order valence-corrected chi connectivity index (χ3v) is 7.62. The molecule has 1 fully saturated rings. The standard InChI is InChI=1S/C25H23ClN2O7S/c1-33-19-6-2-4-17(14-19)24(29)27-18-5-3-7-20(15-18)35-25(30)22-16-21(8-9-23(22)26)36(31,32)28-10-12-34-13-11-28/h2-9,14-16H,10-13H2,1H3,(H,27,29). The molecule has 188 valence electrons. The Kier molecular flexibility index (Phi) is 7.90. The Hall–Kier alpha value is -3.44. The average Bonchev–Trinajstić information content (AvgIpc) is 2.89. The highest BCUT2D eigenvalue weighted by Crippen LogP contribution is 2.26. The summed E-state index contributed by atoms with van der Waals surface area (Å²) in [7, 11) is -2.32. The lowest BCUT2D eigenvalue weighted by Crippen LogP contribution is -2.40. The van der Waals surface area contributed by atoms with Gasteiger partial charge in [-0.3, -0.25) is 4.79 Å². The maximum atomic E-state index is 13.0. The van der Waals surface area contributed by atoms with E-state index in [1.54, 1.807) is 36.4 Å². The summed E-state index contributed by atoms with van der Waals surface area (Å²) in [4.78, 5) is 25.4. The molecule has 0 aromatic heterocycles. The number of nitrogens with zero attached hydrogens (tertiary/aromatic N) is 1. The van der Waals surface area contributed by atoms with Crippen molar-refractivity contribution in [3.63, 3.8) is 0 Å². The molecule has 1 saturated heterocycles. The number of carbonyl (C=O) groups is 2. The summed E-state index contributed by atoms with van der Waals surface area (Å²) >= 11 is 6.19. The fourth-order valence-corrected chi connectivity index (χ4v) is 5.15. The van der Waals surface area contributed by atoms with E-state index in [-0.39, 0.29) is 40.2 Å². The summed E-state index contributed by atoms with van der Waals surface area (Å²) in [6, 6.07) is 16.8. The van der Waals surface area contributed by atoms with Gasteiger partial charge in [-0.2, -0.15) is 4.31 Å². The fraction of sp³-hybridized carbons (Fsp3) is 0.200. The van der Waals surface area contributed by atoms with Gasteiger partial charge in [-0.05, 0) is 48.5 Å². The van der Waals surface area contributed by atoms with Gasteiger partial charge in [-0.1, -0.05) is 23.7 Å². The number of carbonyl (C=O) groups excluding carboxylic acids is 2. The summed E-state index contributed by atoms with van der Waals surface area (Å²) in [6.45, 7) is 1.04. The fourth-order valence-electron chi connectivity index (χ4n) is 3.52. The van der Waals surface area contributed by atoms with Crippen LogP contribution in [0, 0.1) is 0 Å². The highest BCUT2D eigenvalue weighted by Gasteiger charge is 2.28. The summed E-state index contributed by atoms with van der Waals surface area (Å²) in [5.74, 6) is -0.530. The Morgan fingerprint density at radius 3 is 2.44 bits per heavy atom. The minimum atomic E-state index is -3.83. The largest absolute Gasteiger partial charge is 0.497 e. The molecule has 36 heavy (non-hydrogen) atoms. The van der Waals surface area contributed by atoms with Crippen LogP contribution >= 0.6 is 11.6 Å². The maximum absolute atomic E-state index is 13.0. The quantitative estimate of drug-likeness (QED) is 0.365. The lowest BCUT2D eigenvalue weighted by molar-refractivity contribution is 0.0727. The second-order valence-electron chi connectivity index (χ2n) is 7.76. The van der Waals surface area contributed by atoms with Crippen molar-refractivity contribution in [3.05, 3.63) is 82.9 Å². The number of nitrogens with one attached hydrogen (secondary N) is 1. The average molecular weight is 531 g/mol. The third kappa shape index (κ3) is 5.85. The van der Waals surface area contributed by atoms with E-state index in [9.17, 15) is 18.0 Å². The first kappa shape index (κ1) is 25.6. The number of hydrogen-bond acceptors (Lipinski definition) is 7. The van der Waals surface area contributed by atoms with Crippen LogP contribution in [0.15, 0.2) is 71.6 Å². The molecule has 1 aliphatic rings. The van der Waals surface area contributed by atoms with Crippen molar-refractivity contribution in [1.29, 1.82) is 0 Å². The van der Waals surface area contributed by atoms with Gasteiger partial charge < -0.3 is 19.5 Å². The highest BCUT2D eigenvalue weighted by molar-refractivity contribution is 7.89. The summed E-state index contributed by atoms with van der Waals surface area (Å²) in [5.41, 5.74) is 0.682. The number of anilines is 1. The van der Waals surface area contributed by atoms with Crippen molar-refractivity contribution >= 4 is 39.2 Å². The Balaban J connectivity index is 1.50. The number of hydrogen-bond donors (Lipinski definition) is 1. The molecule has 0 bridgehead atoms. The zero-order valence-corrected chi connectivity index (χ0v) is 20.8. The first-order chi connectivity index (χ1) is 17.3. The Bertz CT molecular complexity index is 1390. The number of esters is 1. The molecule has 1 aliphatic heterocycles. The number of methoxy groups -OCH3 is 1. The van der Waals surface area contributed by atoms with E-state index < -0.39 is 16.0 Å². The predicted molar refractivity (Wildman–Crippen MR) is 133 cm³/mol. The second kappa shape index (κ2) is 11.1. The van der Waals surface area contributed by atoms with E-state index in [1.807, 2.05) is 0 Å². The predicted octanol–water partition coefficient (Wildman–Crippen LogP) is 3.84. The topological polar surface area (TPSA) is 111 Å². The van der Waals surface area contributed by atoms with E-state index in [2.05, 4.69) is 5.32 Å². The van der Waals surface area contributed by atoms with Gasteiger partial charge in [0.1, 0.15) is 11.5 Å². The smallest absolute Gasteiger partial charge is 0.345 e. The molecule has 9 nitrogen and oxygen atoms in total. The Labute approximate surface area is 213 Å². The molecule has 0 aliphatic carbocycles. The molecule has 3 aromatic carbocycles. The lowest BCUT2D eigenvalue weighted by atomic mass is 10.2. The first-order valence-corrected chi connectivity index (χ1v) is 12.7. The monoisotopic (exact) mass is 530 g/mol. The van der Waals surface area contributed by atoms with Crippen LogP contribution in [0.5, 0.6) is 11.5 Å². The molecular formula is C25H23ClN2O7S. The molecule has 0 spiro atoms. The maximum Gasteiger partial charge on any atom is 0.345 e. The van der Waals surface area contributed by atoms with Gasteiger partial charge in [-0.15, -0.1) is 0 Å². The minimum Gasteiger partial charge on any atom is -0.497 e. The molecule has 11 heteroatoms. The number of morpholine rings is 1. The molecule has 3 aromatic rings. The van der Waals surface area contributed by atoms with Gasteiger partial charge in [0.25, 0.3) is 5.91 Å². The number of sulfonamides is 1. The van der Waals surface area contributed by atoms with Crippen LogP contribution in [-0.2, 0) is 14.8 Å². The number of ether oxygens (including phenoxy) is 3. The van der Waals surface area contributed by atoms with E-state index in [0.717, 1.165) is 0 Å². The van der Waals surface area contributed by atoms with Crippen LogP contribution < -0.4 is 14.8 Å². The van der Waals surface area contributed by atoms with Gasteiger partial charge in [0.05, 0.1) is 35.8 Å². The number of amides is 1. The second-order valence-corrected chi connectivity index (χ2v) is 10.1. The van der Waals surface area contributed by atoms with Gasteiger partial charge in [0.2, 0.25) is 10.0 Å². The van der Waals surface area contributed by atoms with Crippen molar-refractivity contribution in [2.75, 3.05) is 38.7 Å². The molecule has 0 unspecified atom stereocenters. The van der Waals surface area contributed by atoms with Gasteiger partial charge >= 0.3 is 5.97 Å². The van der Waals surface area contributed by atoms with Crippen molar-refractivity contribution in [1.82, 2.24) is 4.31 Å². The molecule has 4 rings (SSSR count). The number of benzene rings is 3. The molecule has 0 saturated carbocycles. The Morgan fingerprint density at radius 2 is 1.69 bits per heavy atom. The van der Waals surface area contributed by atoms with Crippen molar-refractivity contribution in [3.8, 4) is 11.5 Å². The van der Waals surface area contributed by atoms with E-state index >= 15 is 0 Å². The number of rotatable bonds is 7. The van der Waals surface area contributed by atoms with Crippen molar-refractivity contribution < 1.29 is 32.2 Å². The van der Waals surface area contributed by atoms with E-state index in [0.29, 0.717) is 30.2 Å². The molecule has 0 radical (unpaired) electrons. The third-order valence-electron chi connectivity index (χ3n) is 5.40. The van der Waals surface area contributed by atoms with Crippen LogP contribution in [0.4, 0.5) is 5.69 Å². The zero-order valence-electron chi connectivity index (χ0n) is 19.3. The van der Waals surface area contributed by atoms with E-state index in [4.69, 9.17) is 25.8 Å². The number of halogens is 1. The van der Waals surface area contributed by atoms with Gasteiger partial charge in [-0.25, -0.2) is 13.2 Å². The van der Waals surface area contributed by atoms with Crippen LogP contribution in [-0.4, -0.2) is 58.0 Å². The highest BCUT2D eigenvalue weighted by atomic mass is 35.5. The zero-order chi connectivity index (χ0) is 25.7. The van der Waals surface area contributed by atoms with Gasteiger partial charge in [0, 0.05) is 30.4 Å². The minimum absolute atomic E-state index is 0.0448. The van der Waals surface area contributed by atoms with E-state index in [1.165, 1.54) is 41.7 Å². The van der Waals surface area contributed by atoms with Crippen molar-refractivity contribution in [2.45, 2.75) is 4.90 Å². The van der Waals surface area contributed by atoms with Crippen LogP contribution in [0.2, 0.25) is 5.02 Å². The Morgan fingerprint density at radius 1 is 0.972 bits per heavy atom. The molecule has 1 amide bonds. The van der Waals surface area contributed by atoms with Crippen LogP contribution in [0.3, 0.4) is 0 Å². The SMILES string of the molecule is COc1cccc(C(=O)Nc2cccc(OC(=O)c3cc(S(=O)(=O)N4CCOCC4)ccc3Cl)c2)c1. The van der Waals surface area contributed by atoms with Crippen molar-refractivity contribution in [2.24, 2.45) is 0 Å². The lowest BCUT2D eigenvalue weighted by Gasteiger charge is -2.26.